The van der Waals surface area contributed by atoms with Crippen LogP contribution in [0, 0.1) is 5.92 Å². The Morgan fingerprint density at radius 1 is 1.07 bits per heavy atom. The molecule has 1 aliphatic carbocycles. The third-order valence-electron chi connectivity index (χ3n) is 6.03. The normalized spacial score (nSPS) is 22.4. The van der Waals surface area contributed by atoms with Crippen molar-refractivity contribution in [1.29, 1.82) is 0 Å². The number of esters is 1. The lowest BCUT2D eigenvalue weighted by molar-refractivity contribution is 0.0526. The van der Waals surface area contributed by atoms with E-state index in [-0.39, 0.29) is 12.0 Å². The number of carbonyl (C=O) groups excluding carboxylic acids is 1. The van der Waals surface area contributed by atoms with Crippen LogP contribution in [0.3, 0.4) is 0 Å². The van der Waals surface area contributed by atoms with E-state index in [1.54, 1.807) is 0 Å². The summed E-state index contributed by atoms with van der Waals surface area (Å²) < 4.78 is 5.19. The molecular formula is C25H23NO2. The summed E-state index contributed by atoms with van der Waals surface area (Å²) in [5.41, 5.74) is 4.28. The second kappa shape index (κ2) is 6.83. The van der Waals surface area contributed by atoms with Gasteiger partial charge in [0.05, 0.1) is 18.2 Å². The molecule has 0 saturated heterocycles. The molecule has 5 rings (SSSR count). The predicted molar refractivity (Wildman–Crippen MR) is 113 cm³/mol. The molecule has 3 atom stereocenters. The Bertz CT molecular complexity index is 1080. The first kappa shape index (κ1) is 17.1. The lowest BCUT2D eigenvalue weighted by Gasteiger charge is -2.38. The van der Waals surface area contributed by atoms with Gasteiger partial charge in [-0.3, -0.25) is 0 Å². The molecule has 0 spiro atoms. The van der Waals surface area contributed by atoms with Gasteiger partial charge in [0, 0.05) is 11.6 Å². The summed E-state index contributed by atoms with van der Waals surface area (Å²) >= 11 is 0. The molecule has 1 N–H and O–H groups in total. The zero-order chi connectivity index (χ0) is 19.1. The van der Waals surface area contributed by atoms with E-state index in [4.69, 9.17) is 4.74 Å². The standard InChI is InChI=1S/C25H23NO2/c1-2-28-25(27)17-13-14-23-22(15-17)19-10-6-12-21(19)24(26-23)20-11-5-8-16-7-3-4-9-18(16)20/h3-11,13-15,19,21,24,26H,2,12H2,1H3/t19-,21+,24-/m0/s1. The van der Waals surface area contributed by atoms with Crippen molar-refractivity contribution in [3.05, 3.63) is 89.5 Å². The number of anilines is 1. The van der Waals surface area contributed by atoms with Crippen LogP contribution in [0.15, 0.2) is 72.8 Å². The van der Waals surface area contributed by atoms with E-state index in [0.29, 0.717) is 24.0 Å². The maximum Gasteiger partial charge on any atom is 0.338 e. The Morgan fingerprint density at radius 2 is 1.93 bits per heavy atom. The van der Waals surface area contributed by atoms with Crippen LogP contribution in [-0.2, 0) is 4.74 Å². The van der Waals surface area contributed by atoms with Crippen molar-refractivity contribution in [3.63, 3.8) is 0 Å². The Hall–Kier alpha value is -3.07. The first-order valence-corrected chi connectivity index (χ1v) is 9.98. The summed E-state index contributed by atoms with van der Waals surface area (Å²) in [6.07, 6.45) is 5.62. The molecule has 3 nitrogen and oxygen atoms in total. The molecule has 2 aliphatic rings. The van der Waals surface area contributed by atoms with Gasteiger partial charge in [0.2, 0.25) is 0 Å². The first-order chi connectivity index (χ1) is 13.8. The monoisotopic (exact) mass is 369 g/mol. The fourth-order valence-electron chi connectivity index (χ4n) is 4.77. The van der Waals surface area contributed by atoms with Gasteiger partial charge in [0.1, 0.15) is 0 Å². The van der Waals surface area contributed by atoms with Gasteiger partial charge >= 0.3 is 5.97 Å². The van der Waals surface area contributed by atoms with Gasteiger partial charge in [0.15, 0.2) is 0 Å². The van der Waals surface area contributed by atoms with E-state index >= 15 is 0 Å². The lowest BCUT2D eigenvalue weighted by atomic mass is 9.76. The highest BCUT2D eigenvalue weighted by molar-refractivity contribution is 5.91. The molecule has 0 aromatic heterocycles. The SMILES string of the molecule is CCOC(=O)c1ccc2c(c1)[C@H]1C=CC[C@H]1[C@H](c1cccc3ccccc13)N2. The largest absolute Gasteiger partial charge is 0.462 e. The Morgan fingerprint density at radius 3 is 2.82 bits per heavy atom. The number of allylic oxidation sites excluding steroid dienone is 2. The van der Waals surface area contributed by atoms with Crippen LogP contribution in [0.25, 0.3) is 10.8 Å². The summed E-state index contributed by atoms with van der Waals surface area (Å²) in [7, 11) is 0. The molecule has 3 heteroatoms. The molecule has 28 heavy (non-hydrogen) atoms. The highest BCUT2D eigenvalue weighted by Crippen LogP contribution is 2.50. The van der Waals surface area contributed by atoms with Crippen LogP contribution in [-0.4, -0.2) is 12.6 Å². The summed E-state index contributed by atoms with van der Waals surface area (Å²) in [6, 6.07) is 21.3. The molecule has 0 unspecified atom stereocenters. The molecular weight excluding hydrogens is 346 g/mol. The van der Waals surface area contributed by atoms with E-state index in [1.165, 1.54) is 21.9 Å². The van der Waals surface area contributed by atoms with Crippen LogP contribution < -0.4 is 5.32 Å². The molecule has 140 valence electrons. The van der Waals surface area contributed by atoms with Gasteiger partial charge in [-0.2, -0.15) is 0 Å². The van der Waals surface area contributed by atoms with Crippen molar-refractivity contribution in [2.45, 2.75) is 25.3 Å². The third kappa shape index (κ3) is 2.70. The molecule has 0 fully saturated rings. The number of hydrogen-bond donors (Lipinski definition) is 1. The quantitative estimate of drug-likeness (QED) is 0.465. The van der Waals surface area contributed by atoms with Crippen molar-refractivity contribution in [3.8, 4) is 0 Å². The fraction of sp³-hybridized carbons (Fsp3) is 0.240. The Labute approximate surface area is 165 Å². The predicted octanol–water partition coefficient (Wildman–Crippen LogP) is 5.84. The molecule has 0 bridgehead atoms. The van der Waals surface area contributed by atoms with Crippen LogP contribution in [0.1, 0.15) is 46.8 Å². The first-order valence-electron chi connectivity index (χ1n) is 9.98. The van der Waals surface area contributed by atoms with E-state index in [0.717, 1.165) is 12.1 Å². The Kier molecular flexibility index (Phi) is 4.16. The van der Waals surface area contributed by atoms with Gasteiger partial charge < -0.3 is 10.1 Å². The average Bonchev–Trinajstić information content (AvgIpc) is 3.23. The highest BCUT2D eigenvalue weighted by atomic mass is 16.5. The van der Waals surface area contributed by atoms with E-state index in [1.807, 2.05) is 25.1 Å². The zero-order valence-corrected chi connectivity index (χ0v) is 15.9. The molecule has 3 aromatic carbocycles. The third-order valence-corrected chi connectivity index (χ3v) is 6.03. The van der Waals surface area contributed by atoms with Gasteiger partial charge in [-0.15, -0.1) is 0 Å². The van der Waals surface area contributed by atoms with Crippen LogP contribution >= 0.6 is 0 Å². The number of fused-ring (bicyclic) bond motifs is 4. The van der Waals surface area contributed by atoms with Crippen molar-refractivity contribution in [2.75, 3.05) is 11.9 Å². The second-order valence-electron chi connectivity index (χ2n) is 7.57. The van der Waals surface area contributed by atoms with E-state index in [2.05, 4.69) is 59.9 Å². The van der Waals surface area contributed by atoms with Crippen LogP contribution in [0.2, 0.25) is 0 Å². The molecule has 3 aromatic rings. The van der Waals surface area contributed by atoms with E-state index in [9.17, 15) is 4.79 Å². The highest BCUT2D eigenvalue weighted by Gasteiger charge is 2.38. The summed E-state index contributed by atoms with van der Waals surface area (Å²) in [6.45, 7) is 2.23. The Balaban J connectivity index is 1.59. The van der Waals surface area contributed by atoms with Crippen molar-refractivity contribution < 1.29 is 9.53 Å². The number of benzene rings is 3. The number of nitrogens with one attached hydrogen (secondary N) is 1. The topological polar surface area (TPSA) is 38.3 Å². The molecule has 0 amide bonds. The minimum absolute atomic E-state index is 0.243. The second-order valence-corrected chi connectivity index (χ2v) is 7.57. The van der Waals surface area contributed by atoms with Gasteiger partial charge in [-0.05, 0) is 59.4 Å². The van der Waals surface area contributed by atoms with E-state index < -0.39 is 0 Å². The van der Waals surface area contributed by atoms with Gasteiger partial charge in [-0.25, -0.2) is 4.79 Å². The average molecular weight is 369 g/mol. The van der Waals surface area contributed by atoms with Crippen molar-refractivity contribution in [1.82, 2.24) is 0 Å². The van der Waals surface area contributed by atoms with Crippen LogP contribution in [0.4, 0.5) is 5.69 Å². The molecule has 0 radical (unpaired) electrons. The molecule has 1 aliphatic heterocycles. The lowest BCUT2D eigenvalue weighted by Crippen LogP contribution is -2.29. The van der Waals surface area contributed by atoms with Crippen molar-refractivity contribution >= 4 is 22.4 Å². The fourth-order valence-corrected chi connectivity index (χ4v) is 4.77. The zero-order valence-electron chi connectivity index (χ0n) is 15.9. The van der Waals surface area contributed by atoms with Crippen LogP contribution in [0.5, 0.6) is 0 Å². The minimum Gasteiger partial charge on any atom is -0.462 e. The van der Waals surface area contributed by atoms with Gasteiger partial charge in [-0.1, -0.05) is 54.6 Å². The summed E-state index contributed by atoms with van der Waals surface area (Å²) in [5.74, 6) is 0.505. The molecule has 0 saturated carbocycles. The summed E-state index contributed by atoms with van der Waals surface area (Å²) in [5, 5.41) is 6.36. The number of carbonyl (C=O) groups is 1. The smallest absolute Gasteiger partial charge is 0.338 e. The van der Waals surface area contributed by atoms with Gasteiger partial charge in [0.25, 0.3) is 0 Å². The number of hydrogen-bond acceptors (Lipinski definition) is 3. The maximum absolute atomic E-state index is 12.2. The number of rotatable bonds is 3. The summed E-state index contributed by atoms with van der Waals surface area (Å²) in [4.78, 5) is 12.2. The minimum atomic E-state index is -0.250. The maximum atomic E-state index is 12.2. The van der Waals surface area contributed by atoms with Crippen molar-refractivity contribution in [2.24, 2.45) is 5.92 Å². The molecule has 1 heterocycles. The number of ether oxygens (including phenoxy) is 1.